The molecule has 0 atom stereocenters. The average molecular weight is 464 g/mol. The minimum atomic E-state index is -0.687. The highest BCUT2D eigenvalue weighted by Gasteiger charge is 2.50. The number of nitrogens with zero attached hydrogens (tertiary/aromatic N) is 3. The second-order valence-electron chi connectivity index (χ2n) is 9.77. The Morgan fingerprint density at radius 3 is 2.62 bits per heavy atom. The standard InChI is InChI=1S/C27H33N3O4/c1-29(18-19-30-16-6-3-7-17-30)25(31)20-10-13-27(14-11-20)22-12-15-28-24(23(22)26(32)34-27)33-21-8-4-2-5-9-21/h2,4-5,8-9,12,15,20H,3,6-7,10-11,13-14,16-19H2,1H3. The number of piperidine rings is 1. The van der Waals surface area contributed by atoms with Gasteiger partial charge >= 0.3 is 5.97 Å². The Morgan fingerprint density at radius 2 is 1.88 bits per heavy atom. The monoisotopic (exact) mass is 463 g/mol. The molecule has 1 saturated carbocycles. The third kappa shape index (κ3) is 4.53. The number of pyridine rings is 1. The zero-order chi connectivity index (χ0) is 23.5. The zero-order valence-corrected chi connectivity index (χ0v) is 19.9. The molecule has 1 spiro atoms. The number of hydrogen-bond acceptors (Lipinski definition) is 6. The minimum Gasteiger partial charge on any atom is -0.450 e. The van der Waals surface area contributed by atoms with Crippen LogP contribution in [0.5, 0.6) is 11.6 Å². The molecular formula is C27H33N3O4. The van der Waals surface area contributed by atoms with Gasteiger partial charge in [-0.25, -0.2) is 9.78 Å². The molecule has 1 saturated heterocycles. The summed E-state index contributed by atoms with van der Waals surface area (Å²) >= 11 is 0. The van der Waals surface area contributed by atoms with Crippen molar-refractivity contribution in [2.45, 2.75) is 50.5 Å². The van der Waals surface area contributed by atoms with Crippen LogP contribution in [0, 0.1) is 5.92 Å². The predicted molar refractivity (Wildman–Crippen MR) is 128 cm³/mol. The van der Waals surface area contributed by atoms with Gasteiger partial charge in [-0.3, -0.25) is 4.79 Å². The van der Waals surface area contributed by atoms with Crippen molar-refractivity contribution < 1.29 is 19.1 Å². The zero-order valence-electron chi connectivity index (χ0n) is 19.9. The van der Waals surface area contributed by atoms with Crippen molar-refractivity contribution in [3.8, 4) is 11.6 Å². The SMILES string of the molecule is CN(CCN1CCCCC1)C(=O)C1CCC2(CC1)OC(=O)c1c2ccnc1Oc1ccccc1. The third-order valence-corrected chi connectivity index (χ3v) is 7.58. The molecule has 180 valence electrons. The van der Waals surface area contributed by atoms with Gasteiger partial charge in [0.2, 0.25) is 11.8 Å². The number of hydrogen-bond donors (Lipinski definition) is 0. The van der Waals surface area contributed by atoms with Crippen molar-refractivity contribution >= 4 is 11.9 Å². The third-order valence-electron chi connectivity index (χ3n) is 7.58. The van der Waals surface area contributed by atoms with Crippen molar-refractivity contribution in [1.29, 1.82) is 0 Å². The summed E-state index contributed by atoms with van der Waals surface area (Å²) in [6.07, 6.45) is 8.19. The number of rotatable bonds is 6. The first kappa shape index (κ1) is 22.8. The Morgan fingerprint density at radius 1 is 1.15 bits per heavy atom. The lowest BCUT2D eigenvalue weighted by Crippen LogP contribution is -2.43. The Hall–Kier alpha value is -2.93. The van der Waals surface area contributed by atoms with Gasteiger partial charge in [0.05, 0.1) is 0 Å². The van der Waals surface area contributed by atoms with Gasteiger partial charge < -0.3 is 19.3 Å². The van der Waals surface area contributed by atoms with E-state index in [2.05, 4.69) is 9.88 Å². The first-order chi connectivity index (χ1) is 16.6. The number of fused-ring (bicyclic) bond motifs is 2. The van der Waals surface area contributed by atoms with Crippen LogP contribution in [-0.4, -0.2) is 59.9 Å². The van der Waals surface area contributed by atoms with E-state index in [0.29, 0.717) is 37.0 Å². The fraction of sp³-hybridized carbons (Fsp3) is 0.519. The molecule has 34 heavy (non-hydrogen) atoms. The second kappa shape index (κ2) is 9.74. The van der Waals surface area contributed by atoms with E-state index in [9.17, 15) is 9.59 Å². The van der Waals surface area contributed by atoms with E-state index in [-0.39, 0.29) is 17.7 Å². The number of carbonyl (C=O) groups excluding carboxylic acids is 2. The molecule has 7 nitrogen and oxygen atoms in total. The van der Waals surface area contributed by atoms with Gasteiger partial charge in [0.15, 0.2) is 0 Å². The molecule has 3 aliphatic rings. The molecule has 2 fully saturated rings. The molecule has 7 heteroatoms. The quantitative estimate of drug-likeness (QED) is 0.593. The van der Waals surface area contributed by atoms with Crippen LogP contribution in [-0.2, 0) is 15.1 Å². The van der Waals surface area contributed by atoms with E-state index in [1.54, 1.807) is 6.20 Å². The molecule has 0 bridgehead atoms. The molecule has 1 aliphatic carbocycles. The molecule has 2 aliphatic heterocycles. The highest BCUT2D eigenvalue weighted by molar-refractivity contribution is 5.97. The van der Waals surface area contributed by atoms with E-state index < -0.39 is 11.6 Å². The highest BCUT2D eigenvalue weighted by atomic mass is 16.6. The Balaban J connectivity index is 1.23. The number of ether oxygens (including phenoxy) is 2. The molecular weight excluding hydrogens is 430 g/mol. The van der Waals surface area contributed by atoms with Gasteiger partial charge in [0.1, 0.15) is 16.9 Å². The van der Waals surface area contributed by atoms with Crippen LogP contribution in [0.3, 0.4) is 0 Å². The summed E-state index contributed by atoms with van der Waals surface area (Å²) in [5, 5.41) is 0. The van der Waals surface area contributed by atoms with Crippen molar-refractivity contribution in [1.82, 2.24) is 14.8 Å². The topological polar surface area (TPSA) is 72.0 Å². The lowest BCUT2D eigenvalue weighted by molar-refractivity contribution is -0.137. The lowest BCUT2D eigenvalue weighted by Gasteiger charge is -2.37. The molecule has 0 unspecified atom stereocenters. The summed E-state index contributed by atoms with van der Waals surface area (Å²) in [5.74, 6) is 0.693. The van der Waals surface area contributed by atoms with Crippen LogP contribution in [0.1, 0.15) is 60.9 Å². The molecule has 3 heterocycles. The van der Waals surface area contributed by atoms with Crippen molar-refractivity contribution in [2.24, 2.45) is 5.92 Å². The summed E-state index contributed by atoms with van der Waals surface area (Å²) < 4.78 is 11.9. The van der Waals surface area contributed by atoms with Crippen molar-refractivity contribution in [3.05, 3.63) is 53.7 Å². The highest BCUT2D eigenvalue weighted by Crippen LogP contribution is 2.50. The Kier molecular flexibility index (Phi) is 6.55. The lowest BCUT2D eigenvalue weighted by atomic mass is 9.75. The predicted octanol–water partition coefficient (Wildman–Crippen LogP) is 4.37. The summed E-state index contributed by atoms with van der Waals surface area (Å²) in [4.78, 5) is 34.7. The number of likely N-dealkylation sites (N-methyl/N-ethyl adjacent to an activating group) is 1. The number of carbonyl (C=O) groups is 2. The molecule has 5 rings (SSSR count). The maximum absolute atomic E-state index is 13.1. The Bertz CT molecular complexity index is 1030. The largest absolute Gasteiger partial charge is 0.450 e. The average Bonchev–Trinajstić information content (AvgIpc) is 3.15. The number of amides is 1. The van der Waals surface area contributed by atoms with E-state index in [4.69, 9.17) is 9.47 Å². The normalized spacial score (nSPS) is 24.5. The molecule has 1 amide bonds. The van der Waals surface area contributed by atoms with Crippen LogP contribution in [0.15, 0.2) is 42.6 Å². The number of para-hydroxylation sites is 1. The van der Waals surface area contributed by atoms with Gasteiger partial charge in [0.25, 0.3) is 0 Å². The smallest absolute Gasteiger partial charge is 0.345 e. The van der Waals surface area contributed by atoms with Gasteiger partial charge in [-0.15, -0.1) is 0 Å². The Labute approximate surface area is 201 Å². The maximum Gasteiger partial charge on any atom is 0.345 e. The van der Waals surface area contributed by atoms with Gasteiger partial charge in [-0.2, -0.15) is 0 Å². The van der Waals surface area contributed by atoms with Crippen LogP contribution in [0.2, 0.25) is 0 Å². The number of aromatic nitrogens is 1. The van der Waals surface area contributed by atoms with E-state index >= 15 is 0 Å². The molecule has 1 aromatic carbocycles. The van der Waals surface area contributed by atoms with Crippen molar-refractivity contribution in [2.75, 3.05) is 33.2 Å². The summed E-state index contributed by atoms with van der Waals surface area (Å²) in [6.45, 7) is 4.00. The molecule has 2 aromatic rings. The number of likely N-dealkylation sites (tertiary alicyclic amines) is 1. The van der Waals surface area contributed by atoms with Crippen LogP contribution in [0.4, 0.5) is 0 Å². The van der Waals surface area contributed by atoms with Gasteiger partial charge in [-0.1, -0.05) is 24.6 Å². The maximum atomic E-state index is 13.1. The first-order valence-corrected chi connectivity index (χ1v) is 12.5. The van der Waals surface area contributed by atoms with Crippen LogP contribution >= 0.6 is 0 Å². The van der Waals surface area contributed by atoms with Gasteiger partial charge in [-0.05, 0) is 69.8 Å². The van der Waals surface area contributed by atoms with Crippen molar-refractivity contribution in [3.63, 3.8) is 0 Å². The number of esters is 1. The van der Waals surface area contributed by atoms with E-state index in [1.807, 2.05) is 48.3 Å². The number of benzene rings is 1. The second-order valence-corrected chi connectivity index (χ2v) is 9.77. The molecule has 0 radical (unpaired) electrons. The van der Waals surface area contributed by atoms with Crippen LogP contribution in [0.25, 0.3) is 0 Å². The van der Waals surface area contributed by atoms with E-state index in [0.717, 1.165) is 31.7 Å². The fourth-order valence-corrected chi connectivity index (χ4v) is 5.58. The first-order valence-electron chi connectivity index (χ1n) is 12.5. The summed E-state index contributed by atoms with van der Waals surface area (Å²) in [6, 6.07) is 11.2. The van der Waals surface area contributed by atoms with E-state index in [1.165, 1.54) is 19.3 Å². The minimum absolute atomic E-state index is 0.0263. The fourth-order valence-electron chi connectivity index (χ4n) is 5.58. The molecule has 0 N–H and O–H groups in total. The van der Waals surface area contributed by atoms with Gasteiger partial charge in [0, 0.05) is 37.8 Å². The summed E-state index contributed by atoms with van der Waals surface area (Å²) in [7, 11) is 1.92. The summed E-state index contributed by atoms with van der Waals surface area (Å²) in [5.41, 5.74) is 0.561. The van der Waals surface area contributed by atoms with Crippen LogP contribution < -0.4 is 4.74 Å². The molecule has 1 aromatic heterocycles.